The van der Waals surface area contributed by atoms with Crippen molar-refractivity contribution in [2.45, 2.75) is 46.6 Å². The molecule has 0 bridgehead atoms. The lowest BCUT2D eigenvalue weighted by Crippen LogP contribution is -2.51. The van der Waals surface area contributed by atoms with Gasteiger partial charge < -0.3 is 10.2 Å². The van der Waals surface area contributed by atoms with Gasteiger partial charge in [-0.05, 0) is 43.2 Å². The van der Waals surface area contributed by atoms with Crippen LogP contribution in [0.4, 0.5) is 5.69 Å². The molecule has 1 heterocycles. The Labute approximate surface area is 157 Å². The molecule has 0 spiro atoms. The molecule has 1 aromatic rings. The number of carbonyl (C=O) groups is 2. The summed E-state index contributed by atoms with van der Waals surface area (Å²) in [6.07, 6.45) is 2.07. The van der Waals surface area contributed by atoms with Gasteiger partial charge in [-0.25, -0.2) is 0 Å². The van der Waals surface area contributed by atoms with Gasteiger partial charge >= 0.3 is 0 Å². The number of hydrogen-bond acceptors (Lipinski definition) is 3. The quantitative estimate of drug-likeness (QED) is 0.849. The first kappa shape index (κ1) is 20.4. The fraction of sp³-hybridized carbons (Fsp3) is 0.619. The van der Waals surface area contributed by atoms with Gasteiger partial charge in [-0.15, -0.1) is 0 Å². The Bertz CT molecular complexity index is 621. The normalized spacial score (nSPS) is 21.9. The Hall–Kier alpha value is -1.88. The van der Waals surface area contributed by atoms with Crippen molar-refractivity contribution in [3.63, 3.8) is 0 Å². The first-order valence-corrected chi connectivity index (χ1v) is 9.68. The number of nitrogens with one attached hydrogen (secondary N) is 1. The molecule has 0 aromatic heterocycles. The Morgan fingerprint density at radius 2 is 1.85 bits per heavy atom. The smallest absolute Gasteiger partial charge is 0.243 e. The monoisotopic (exact) mass is 359 g/mol. The lowest BCUT2D eigenvalue weighted by atomic mass is 9.91. The number of rotatable bonds is 6. The highest BCUT2D eigenvalue weighted by Crippen LogP contribution is 2.23. The third-order valence-corrected chi connectivity index (χ3v) is 5.23. The lowest BCUT2D eigenvalue weighted by molar-refractivity contribution is -0.138. The number of likely N-dealkylation sites (tertiary alicyclic amines) is 1. The molecule has 26 heavy (non-hydrogen) atoms. The third-order valence-electron chi connectivity index (χ3n) is 5.23. The fourth-order valence-electron chi connectivity index (χ4n) is 3.94. The van der Waals surface area contributed by atoms with Gasteiger partial charge in [0.25, 0.3) is 0 Å². The SMILES string of the molecule is CCc1ccccc1NC(=O)CN(C)C(=O)C(C)N1CC(C)CC(C)C1. The molecule has 2 amide bonds. The van der Waals surface area contributed by atoms with E-state index >= 15 is 0 Å². The summed E-state index contributed by atoms with van der Waals surface area (Å²) in [7, 11) is 1.71. The van der Waals surface area contributed by atoms with Gasteiger partial charge in [0.2, 0.25) is 11.8 Å². The zero-order valence-electron chi connectivity index (χ0n) is 16.8. The number of nitrogens with zero attached hydrogens (tertiary/aromatic N) is 2. The molecular weight excluding hydrogens is 326 g/mol. The molecule has 2 rings (SSSR count). The van der Waals surface area contributed by atoms with Crippen molar-refractivity contribution >= 4 is 17.5 Å². The van der Waals surface area contributed by atoms with Gasteiger partial charge in [0.1, 0.15) is 0 Å². The van der Waals surface area contributed by atoms with Crippen LogP contribution in [0.25, 0.3) is 0 Å². The van der Waals surface area contributed by atoms with Gasteiger partial charge in [0.15, 0.2) is 0 Å². The molecule has 0 radical (unpaired) electrons. The van der Waals surface area contributed by atoms with Crippen molar-refractivity contribution < 1.29 is 9.59 Å². The largest absolute Gasteiger partial charge is 0.335 e. The highest BCUT2D eigenvalue weighted by Gasteiger charge is 2.30. The third kappa shape index (κ3) is 5.31. The van der Waals surface area contributed by atoms with E-state index in [4.69, 9.17) is 0 Å². The minimum atomic E-state index is -0.194. The number of likely N-dealkylation sites (N-methyl/N-ethyl adjacent to an activating group) is 1. The number of hydrogen-bond donors (Lipinski definition) is 1. The second kappa shape index (κ2) is 9.17. The Morgan fingerprint density at radius 1 is 1.23 bits per heavy atom. The predicted molar refractivity (Wildman–Crippen MR) is 106 cm³/mol. The summed E-state index contributed by atoms with van der Waals surface area (Å²) in [6, 6.07) is 7.58. The van der Waals surface area contributed by atoms with Crippen LogP contribution in [0.1, 0.15) is 39.7 Å². The first-order chi connectivity index (χ1) is 12.3. The maximum atomic E-state index is 12.8. The van der Waals surface area contributed by atoms with Crippen molar-refractivity contribution in [2.24, 2.45) is 11.8 Å². The molecule has 5 nitrogen and oxygen atoms in total. The molecule has 1 fully saturated rings. The van der Waals surface area contributed by atoms with Crippen molar-refractivity contribution in [2.75, 3.05) is 32.0 Å². The van der Waals surface area contributed by atoms with Gasteiger partial charge in [-0.2, -0.15) is 0 Å². The van der Waals surface area contributed by atoms with E-state index in [1.807, 2.05) is 31.2 Å². The van der Waals surface area contributed by atoms with E-state index in [-0.39, 0.29) is 24.4 Å². The number of carbonyl (C=O) groups excluding carboxylic acids is 2. The molecule has 1 saturated heterocycles. The highest BCUT2D eigenvalue weighted by atomic mass is 16.2. The molecule has 3 atom stereocenters. The van der Waals surface area contributed by atoms with Crippen LogP contribution in [-0.4, -0.2) is 54.3 Å². The summed E-state index contributed by atoms with van der Waals surface area (Å²) in [4.78, 5) is 28.9. The van der Waals surface area contributed by atoms with Crippen molar-refractivity contribution in [3.8, 4) is 0 Å². The zero-order valence-corrected chi connectivity index (χ0v) is 16.8. The topological polar surface area (TPSA) is 52.7 Å². The van der Waals surface area contributed by atoms with Crippen LogP contribution in [0, 0.1) is 11.8 Å². The standard InChI is InChI=1S/C21H33N3O2/c1-6-18-9-7-8-10-19(18)22-20(25)14-23(5)21(26)17(4)24-12-15(2)11-16(3)13-24/h7-10,15-17H,6,11-14H2,1-5H3,(H,22,25). The number of aryl methyl sites for hydroxylation is 1. The maximum absolute atomic E-state index is 12.8. The highest BCUT2D eigenvalue weighted by molar-refractivity contribution is 5.95. The van der Waals surface area contributed by atoms with Crippen LogP contribution < -0.4 is 5.32 Å². The molecule has 144 valence electrons. The number of benzene rings is 1. The molecule has 0 saturated carbocycles. The molecule has 1 aliphatic heterocycles. The van der Waals surface area contributed by atoms with Gasteiger partial charge in [0, 0.05) is 25.8 Å². The van der Waals surface area contributed by atoms with Crippen LogP contribution in [0.15, 0.2) is 24.3 Å². The number of piperidine rings is 1. The van der Waals surface area contributed by atoms with Crippen LogP contribution in [0.5, 0.6) is 0 Å². The van der Waals surface area contributed by atoms with E-state index in [2.05, 4.69) is 31.0 Å². The molecule has 0 aliphatic carbocycles. The summed E-state index contributed by atoms with van der Waals surface area (Å²) in [6.45, 7) is 10.4. The maximum Gasteiger partial charge on any atom is 0.243 e. The lowest BCUT2D eigenvalue weighted by Gasteiger charge is -2.39. The molecule has 1 aromatic carbocycles. The van der Waals surface area contributed by atoms with Crippen LogP contribution in [0.3, 0.4) is 0 Å². The van der Waals surface area contributed by atoms with E-state index in [0.717, 1.165) is 30.8 Å². The van der Waals surface area contributed by atoms with E-state index in [1.54, 1.807) is 11.9 Å². The summed E-state index contributed by atoms with van der Waals surface area (Å²) in [5.41, 5.74) is 1.92. The van der Waals surface area contributed by atoms with E-state index < -0.39 is 0 Å². The summed E-state index contributed by atoms with van der Waals surface area (Å²) >= 11 is 0. The fourth-order valence-corrected chi connectivity index (χ4v) is 3.94. The van der Waals surface area contributed by atoms with Crippen LogP contribution in [0.2, 0.25) is 0 Å². The van der Waals surface area contributed by atoms with Crippen LogP contribution >= 0.6 is 0 Å². The van der Waals surface area contributed by atoms with Gasteiger partial charge in [-0.3, -0.25) is 14.5 Å². The van der Waals surface area contributed by atoms with Crippen molar-refractivity contribution in [1.82, 2.24) is 9.80 Å². The minimum absolute atomic E-state index is 0.00484. The molecule has 5 heteroatoms. The molecule has 1 N–H and O–H groups in total. The number of para-hydroxylation sites is 1. The van der Waals surface area contributed by atoms with Crippen molar-refractivity contribution in [3.05, 3.63) is 29.8 Å². The molecular formula is C21H33N3O2. The Balaban J connectivity index is 1.92. The first-order valence-electron chi connectivity index (χ1n) is 9.68. The molecule has 1 aliphatic rings. The second-order valence-corrected chi connectivity index (χ2v) is 7.83. The Morgan fingerprint density at radius 3 is 2.46 bits per heavy atom. The average molecular weight is 360 g/mol. The number of amides is 2. The number of anilines is 1. The Kier molecular flexibility index (Phi) is 7.21. The van der Waals surface area contributed by atoms with Crippen LogP contribution in [-0.2, 0) is 16.0 Å². The zero-order chi connectivity index (χ0) is 19.3. The predicted octanol–water partition coefficient (Wildman–Crippen LogP) is 3.01. The summed E-state index contributed by atoms with van der Waals surface area (Å²) in [5.74, 6) is 1.06. The van der Waals surface area contributed by atoms with E-state index in [0.29, 0.717) is 11.8 Å². The van der Waals surface area contributed by atoms with E-state index in [1.165, 1.54) is 6.42 Å². The van der Waals surface area contributed by atoms with Crippen molar-refractivity contribution in [1.29, 1.82) is 0 Å². The summed E-state index contributed by atoms with van der Waals surface area (Å²) < 4.78 is 0. The van der Waals surface area contributed by atoms with Gasteiger partial charge in [-0.1, -0.05) is 39.0 Å². The molecule has 3 unspecified atom stereocenters. The summed E-state index contributed by atoms with van der Waals surface area (Å²) in [5, 5.41) is 2.93. The second-order valence-electron chi connectivity index (χ2n) is 7.83. The minimum Gasteiger partial charge on any atom is -0.335 e. The average Bonchev–Trinajstić information content (AvgIpc) is 2.59. The van der Waals surface area contributed by atoms with E-state index in [9.17, 15) is 9.59 Å². The van der Waals surface area contributed by atoms with Gasteiger partial charge in [0.05, 0.1) is 12.6 Å².